The van der Waals surface area contributed by atoms with Gasteiger partial charge in [-0.25, -0.2) is 0 Å². The topological polar surface area (TPSA) is 3.24 Å². The van der Waals surface area contributed by atoms with Crippen molar-refractivity contribution in [3.05, 3.63) is 66.2 Å². The van der Waals surface area contributed by atoms with Gasteiger partial charge in [-0.3, -0.25) is 4.90 Å². The fourth-order valence-corrected chi connectivity index (χ4v) is 4.07. The van der Waals surface area contributed by atoms with Crippen molar-refractivity contribution < 1.29 is 0 Å². The molecule has 1 nitrogen and oxygen atoms in total. The first-order chi connectivity index (χ1) is 10.8. The Morgan fingerprint density at radius 3 is 2.36 bits per heavy atom. The first-order valence-corrected chi connectivity index (χ1v) is 8.40. The van der Waals surface area contributed by atoms with E-state index in [1.165, 1.54) is 42.4 Å². The summed E-state index contributed by atoms with van der Waals surface area (Å²) in [5.41, 5.74) is 5.67. The Labute approximate surface area is 133 Å². The van der Waals surface area contributed by atoms with Crippen molar-refractivity contribution in [3.8, 4) is 11.1 Å². The summed E-state index contributed by atoms with van der Waals surface area (Å²) in [6.45, 7) is 0. The maximum absolute atomic E-state index is 2.58. The van der Waals surface area contributed by atoms with Crippen LogP contribution in [-0.2, 0) is 0 Å². The summed E-state index contributed by atoms with van der Waals surface area (Å²) < 4.78 is 0. The molecule has 0 saturated carbocycles. The number of fused-ring (bicyclic) bond motifs is 2. The van der Waals surface area contributed by atoms with E-state index in [-0.39, 0.29) is 0 Å². The number of hydrogen-bond donors (Lipinski definition) is 0. The summed E-state index contributed by atoms with van der Waals surface area (Å²) in [6.07, 6.45) is 7.75. The largest absolute Gasteiger partial charge is 0.297 e. The van der Waals surface area contributed by atoms with Gasteiger partial charge in [0.1, 0.15) is 0 Å². The quantitative estimate of drug-likeness (QED) is 0.752. The van der Waals surface area contributed by atoms with E-state index in [1.807, 2.05) is 0 Å². The van der Waals surface area contributed by atoms with Crippen molar-refractivity contribution in [2.24, 2.45) is 0 Å². The van der Waals surface area contributed by atoms with E-state index in [4.69, 9.17) is 0 Å². The molecule has 0 spiro atoms. The lowest BCUT2D eigenvalue weighted by molar-refractivity contribution is 0.137. The van der Waals surface area contributed by atoms with Gasteiger partial charge in [0, 0.05) is 12.1 Å². The van der Waals surface area contributed by atoms with Crippen molar-refractivity contribution in [2.45, 2.75) is 37.8 Å². The molecule has 1 saturated heterocycles. The Bertz CT molecular complexity index is 686. The van der Waals surface area contributed by atoms with Gasteiger partial charge in [0.25, 0.3) is 0 Å². The molecule has 0 amide bonds. The molecule has 112 valence electrons. The standard InChI is InChI=1S/C21H23N/c1-22-18-10-7-11-19(22)15-17(14-18)21-13-6-5-12-20(21)16-8-3-2-4-9-16/h2-6,8-9,12-14,18-19H,7,10-11,15H2,1H3. The molecule has 0 aliphatic carbocycles. The van der Waals surface area contributed by atoms with E-state index < -0.39 is 0 Å². The second-order valence-corrected chi connectivity index (χ2v) is 6.63. The number of piperidine rings is 1. The predicted molar refractivity (Wildman–Crippen MR) is 93.7 cm³/mol. The van der Waals surface area contributed by atoms with Gasteiger partial charge in [-0.15, -0.1) is 0 Å². The van der Waals surface area contributed by atoms with Gasteiger partial charge >= 0.3 is 0 Å². The maximum Gasteiger partial charge on any atom is 0.0284 e. The van der Waals surface area contributed by atoms with Crippen LogP contribution in [0.1, 0.15) is 31.2 Å². The van der Waals surface area contributed by atoms with Crippen LogP contribution in [0, 0.1) is 0 Å². The van der Waals surface area contributed by atoms with Crippen LogP contribution < -0.4 is 0 Å². The number of hydrogen-bond acceptors (Lipinski definition) is 1. The van der Waals surface area contributed by atoms with Gasteiger partial charge in [-0.2, -0.15) is 0 Å². The molecule has 0 aromatic heterocycles. The van der Waals surface area contributed by atoms with Crippen molar-refractivity contribution in [1.29, 1.82) is 0 Å². The summed E-state index contributed by atoms with van der Waals surface area (Å²) in [4.78, 5) is 2.58. The normalized spacial score (nSPS) is 24.9. The van der Waals surface area contributed by atoms with Gasteiger partial charge in [0.15, 0.2) is 0 Å². The smallest absolute Gasteiger partial charge is 0.0284 e. The molecule has 1 fully saturated rings. The van der Waals surface area contributed by atoms with E-state index in [0.717, 1.165) is 6.04 Å². The van der Waals surface area contributed by atoms with Crippen molar-refractivity contribution in [2.75, 3.05) is 7.05 Å². The zero-order valence-electron chi connectivity index (χ0n) is 13.2. The summed E-state index contributed by atoms with van der Waals surface area (Å²) in [6, 6.07) is 21.0. The van der Waals surface area contributed by atoms with Crippen LogP contribution in [0.4, 0.5) is 0 Å². The third-order valence-electron chi connectivity index (χ3n) is 5.34. The summed E-state index contributed by atoms with van der Waals surface area (Å²) >= 11 is 0. The SMILES string of the molecule is CN1C2C=C(c3ccccc3-c3ccccc3)CC1CCC2. The lowest BCUT2D eigenvalue weighted by Crippen LogP contribution is -2.45. The molecular formula is C21H23N. The minimum Gasteiger partial charge on any atom is -0.297 e. The summed E-state index contributed by atoms with van der Waals surface area (Å²) in [7, 11) is 2.30. The molecule has 2 unspecified atom stereocenters. The Hall–Kier alpha value is -1.86. The van der Waals surface area contributed by atoms with Crippen LogP contribution in [0.15, 0.2) is 60.7 Å². The van der Waals surface area contributed by atoms with Crippen LogP contribution in [0.5, 0.6) is 0 Å². The van der Waals surface area contributed by atoms with Crippen LogP contribution >= 0.6 is 0 Å². The first-order valence-electron chi connectivity index (χ1n) is 8.40. The highest BCUT2D eigenvalue weighted by Crippen LogP contribution is 2.39. The second-order valence-electron chi connectivity index (χ2n) is 6.63. The molecule has 2 aromatic carbocycles. The van der Waals surface area contributed by atoms with Crippen LogP contribution in [0.25, 0.3) is 16.7 Å². The average molecular weight is 289 g/mol. The zero-order chi connectivity index (χ0) is 14.9. The van der Waals surface area contributed by atoms with E-state index >= 15 is 0 Å². The highest BCUT2D eigenvalue weighted by molar-refractivity contribution is 5.82. The molecule has 0 radical (unpaired) electrons. The van der Waals surface area contributed by atoms with Crippen molar-refractivity contribution in [3.63, 3.8) is 0 Å². The first kappa shape index (κ1) is 13.8. The number of likely N-dealkylation sites (N-methyl/N-ethyl adjacent to an activating group) is 1. The van der Waals surface area contributed by atoms with Gasteiger partial charge in [0.05, 0.1) is 0 Å². The minimum atomic E-state index is 0.631. The second kappa shape index (κ2) is 5.73. The lowest BCUT2D eigenvalue weighted by Gasteiger charge is -2.43. The molecule has 1 heteroatoms. The zero-order valence-corrected chi connectivity index (χ0v) is 13.2. The molecular weight excluding hydrogens is 266 g/mol. The molecule has 4 rings (SSSR count). The molecule has 2 atom stereocenters. The van der Waals surface area contributed by atoms with Crippen LogP contribution in [0.2, 0.25) is 0 Å². The monoisotopic (exact) mass is 289 g/mol. The Kier molecular flexibility index (Phi) is 3.59. The summed E-state index contributed by atoms with van der Waals surface area (Å²) in [5.74, 6) is 0. The van der Waals surface area contributed by atoms with Crippen molar-refractivity contribution >= 4 is 5.57 Å². The van der Waals surface area contributed by atoms with E-state index in [2.05, 4.69) is 72.6 Å². The minimum absolute atomic E-state index is 0.631. The lowest BCUT2D eigenvalue weighted by atomic mass is 9.81. The summed E-state index contributed by atoms with van der Waals surface area (Å²) in [5, 5.41) is 0. The predicted octanol–water partition coefficient (Wildman–Crippen LogP) is 4.99. The third kappa shape index (κ3) is 2.40. The average Bonchev–Trinajstić information content (AvgIpc) is 2.55. The molecule has 22 heavy (non-hydrogen) atoms. The Balaban J connectivity index is 1.78. The van der Waals surface area contributed by atoms with Crippen molar-refractivity contribution in [1.82, 2.24) is 4.90 Å². The maximum atomic E-state index is 2.58. The van der Waals surface area contributed by atoms with Crippen LogP contribution in [-0.4, -0.2) is 24.0 Å². The molecule has 0 N–H and O–H groups in total. The van der Waals surface area contributed by atoms with E-state index in [0.29, 0.717) is 6.04 Å². The number of rotatable bonds is 2. The van der Waals surface area contributed by atoms with Gasteiger partial charge < -0.3 is 0 Å². The highest BCUT2D eigenvalue weighted by Gasteiger charge is 2.31. The highest BCUT2D eigenvalue weighted by atomic mass is 15.2. The molecule has 2 aromatic rings. The number of benzene rings is 2. The molecule has 2 aliphatic rings. The Morgan fingerprint density at radius 1 is 0.864 bits per heavy atom. The van der Waals surface area contributed by atoms with E-state index in [1.54, 1.807) is 5.57 Å². The molecule has 2 bridgehead atoms. The fraction of sp³-hybridized carbons (Fsp3) is 0.333. The van der Waals surface area contributed by atoms with Gasteiger partial charge in [-0.1, -0.05) is 67.1 Å². The Morgan fingerprint density at radius 2 is 1.59 bits per heavy atom. The van der Waals surface area contributed by atoms with E-state index in [9.17, 15) is 0 Å². The van der Waals surface area contributed by atoms with Crippen LogP contribution in [0.3, 0.4) is 0 Å². The van der Waals surface area contributed by atoms with Gasteiger partial charge in [-0.05, 0) is 48.6 Å². The molecule has 2 heterocycles. The third-order valence-corrected chi connectivity index (χ3v) is 5.34. The fourth-order valence-electron chi connectivity index (χ4n) is 4.07. The number of nitrogens with zero attached hydrogens (tertiary/aromatic N) is 1. The molecule has 2 aliphatic heterocycles. The van der Waals surface area contributed by atoms with Gasteiger partial charge in [0.2, 0.25) is 0 Å².